The average molecular weight is 321 g/mol. The highest BCUT2D eigenvalue weighted by molar-refractivity contribution is 9.10. The predicted octanol–water partition coefficient (Wildman–Crippen LogP) is 3.16. The normalized spacial score (nSPS) is 10.8. The second-order valence-electron chi connectivity index (χ2n) is 3.72. The van der Waals surface area contributed by atoms with Gasteiger partial charge in [0.05, 0.1) is 24.3 Å². The Morgan fingerprint density at radius 1 is 1.11 bits per heavy atom. The van der Waals surface area contributed by atoms with Crippen LogP contribution in [0.15, 0.2) is 22.7 Å². The van der Waals surface area contributed by atoms with Crippen molar-refractivity contribution in [1.29, 1.82) is 0 Å². The minimum atomic E-state index is -0.265. The van der Waals surface area contributed by atoms with Gasteiger partial charge in [-0.05, 0) is 34.0 Å². The summed E-state index contributed by atoms with van der Waals surface area (Å²) in [5, 5.41) is 0. The van der Waals surface area contributed by atoms with Gasteiger partial charge in [-0.3, -0.25) is 0 Å². The largest absolute Gasteiger partial charge is 0.382 e. The Bertz CT molecular complexity index is 347. The number of hydrogen-bond acceptors (Lipinski definition) is 3. The molecule has 0 saturated heterocycles. The van der Waals surface area contributed by atoms with Crippen LogP contribution in [0.1, 0.15) is 12.0 Å². The highest BCUT2D eigenvalue weighted by Gasteiger charge is 2.04. The Morgan fingerprint density at radius 2 is 1.89 bits per heavy atom. The molecule has 0 bridgehead atoms. The van der Waals surface area contributed by atoms with Gasteiger partial charge >= 0.3 is 0 Å². The third kappa shape index (κ3) is 5.91. The lowest BCUT2D eigenvalue weighted by molar-refractivity contribution is 0.0482. The molecule has 1 aromatic rings. The Labute approximate surface area is 115 Å². The van der Waals surface area contributed by atoms with Crippen LogP contribution >= 0.6 is 15.9 Å². The Kier molecular flexibility index (Phi) is 8.17. The zero-order valence-electron chi connectivity index (χ0n) is 10.5. The number of halogens is 2. The van der Waals surface area contributed by atoms with Crippen LogP contribution in [-0.2, 0) is 20.8 Å². The van der Waals surface area contributed by atoms with Gasteiger partial charge in [0.2, 0.25) is 0 Å². The molecule has 0 aliphatic heterocycles. The SMILES string of the molecule is COCCOCCCOCc1cccc(F)c1Br. The molecule has 0 aliphatic rings. The third-order valence-electron chi connectivity index (χ3n) is 2.30. The maximum atomic E-state index is 13.2. The molecule has 0 aromatic heterocycles. The van der Waals surface area contributed by atoms with Crippen molar-refractivity contribution in [3.8, 4) is 0 Å². The molecule has 0 fully saturated rings. The molecule has 1 aromatic carbocycles. The van der Waals surface area contributed by atoms with Gasteiger partial charge < -0.3 is 14.2 Å². The lowest BCUT2D eigenvalue weighted by Gasteiger charge is -2.07. The summed E-state index contributed by atoms with van der Waals surface area (Å²) in [5.41, 5.74) is 0.815. The highest BCUT2D eigenvalue weighted by Crippen LogP contribution is 2.20. The van der Waals surface area contributed by atoms with E-state index in [1.54, 1.807) is 13.2 Å². The first kappa shape index (κ1) is 15.6. The average Bonchev–Trinajstić information content (AvgIpc) is 2.37. The molecular formula is C13H18BrFO3. The summed E-state index contributed by atoms with van der Waals surface area (Å²) in [6.45, 7) is 2.85. The van der Waals surface area contributed by atoms with Crippen molar-refractivity contribution in [3.63, 3.8) is 0 Å². The first-order valence-electron chi connectivity index (χ1n) is 5.83. The molecule has 0 atom stereocenters. The lowest BCUT2D eigenvalue weighted by Crippen LogP contribution is -2.05. The monoisotopic (exact) mass is 320 g/mol. The van der Waals surface area contributed by atoms with Crippen molar-refractivity contribution in [3.05, 3.63) is 34.1 Å². The molecule has 0 heterocycles. The molecule has 18 heavy (non-hydrogen) atoms. The van der Waals surface area contributed by atoms with Crippen LogP contribution in [-0.4, -0.2) is 33.5 Å². The van der Waals surface area contributed by atoms with Gasteiger partial charge in [0.15, 0.2) is 0 Å². The summed E-state index contributed by atoms with van der Waals surface area (Å²) >= 11 is 3.20. The van der Waals surface area contributed by atoms with Crippen LogP contribution in [0.25, 0.3) is 0 Å². The van der Waals surface area contributed by atoms with Crippen molar-refractivity contribution < 1.29 is 18.6 Å². The van der Waals surface area contributed by atoms with E-state index in [-0.39, 0.29) is 5.82 Å². The number of hydrogen-bond donors (Lipinski definition) is 0. The van der Waals surface area contributed by atoms with Crippen molar-refractivity contribution >= 4 is 15.9 Å². The van der Waals surface area contributed by atoms with Gasteiger partial charge in [0.1, 0.15) is 5.82 Å². The van der Waals surface area contributed by atoms with Gasteiger partial charge in [-0.1, -0.05) is 12.1 Å². The minimum absolute atomic E-state index is 0.265. The summed E-state index contributed by atoms with van der Waals surface area (Å²) in [4.78, 5) is 0. The molecule has 1 rings (SSSR count). The van der Waals surface area contributed by atoms with Crippen LogP contribution in [0.5, 0.6) is 0 Å². The van der Waals surface area contributed by atoms with Gasteiger partial charge in [0.25, 0.3) is 0 Å². The smallest absolute Gasteiger partial charge is 0.137 e. The molecule has 0 spiro atoms. The van der Waals surface area contributed by atoms with Crippen LogP contribution in [0.2, 0.25) is 0 Å². The van der Waals surface area contributed by atoms with Crippen LogP contribution in [0.3, 0.4) is 0 Å². The van der Waals surface area contributed by atoms with Crippen molar-refractivity contribution in [2.45, 2.75) is 13.0 Å². The molecule has 0 unspecified atom stereocenters. The lowest BCUT2D eigenvalue weighted by atomic mass is 10.2. The van der Waals surface area contributed by atoms with E-state index in [0.29, 0.717) is 37.5 Å². The van der Waals surface area contributed by atoms with Crippen LogP contribution < -0.4 is 0 Å². The summed E-state index contributed by atoms with van der Waals surface area (Å²) < 4.78 is 29.3. The minimum Gasteiger partial charge on any atom is -0.382 e. The third-order valence-corrected chi connectivity index (χ3v) is 3.19. The molecule has 0 N–H and O–H groups in total. The van der Waals surface area contributed by atoms with Crippen molar-refractivity contribution in [2.24, 2.45) is 0 Å². The number of methoxy groups -OCH3 is 1. The van der Waals surface area contributed by atoms with Gasteiger partial charge in [-0.2, -0.15) is 0 Å². The number of benzene rings is 1. The summed E-state index contributed by atoms with van der Waals surface area (Å²) in [7, 11) is 1.64. The van der Waals surface area contributed by atoms with Crippen molar-refractivity contribution in [2.75, 3.05) is 33.5 Å². The van der Waals surface area contributed by atoms with Gasteiger partial charge in [-0.15, -0.1) is 0 Å². The fraction of sp³-hybridized carbons (Fsp3) is 0.538. The van der Waals surface area contributed by atoms with E-state index in [1.807, 2.05) is 6.07 Å². The Morgan fingerprint density at radius 3 is 2.67 bits per heavy atom. The van der Waals surface area contributed by atoms with E-state index in [1.165, 1.54) is 6.07 Å². The molecule has 0 saturated carbocycles. The molecule has 0 radical (unpaired) electrons. The fourth-order valence-corrected chi connectivity index (χ4v) is 1.73. The van der Waals surface area contributed by atoms with E-state index in [9.17, 15) is 4.39 Å². The maximum absolute atomic E-state index is 13.2. The van der Waals surface area contributed by atoms with Gasteiger partial charge in [0, 0.05) is 20.3 Å². The van der Waals surface area contributed by atoms with E-state index < -0.39 is 0 Å². The number of rotatable bonds is 9. The summed E-state index contributed by atoms with van der Waals surface area (Å²) in [6.07, 6.45) is 0.816. The molecule has 0 amide bonds. The first-order valence-corrected chi connectivity index (χ1v) is 6.62. The predicted molar refractivity (Wildman–Crippen MR) is 71.1 cm³/mol. The van der Waals surface area contributed by atoms with E-state index in [2.05, 4.69) is 15.9 Å². The van der Waals surface area contributed by atoms with Gasteiger partial charge in [-0.25, -0.2) is 4.39 Å². The summed E-state index contributed by atoms with van der Waals surface area (Å²) in [5.74, 6) is -0.265. The Balaban J connectivity index is 2.09. The fourth-order valence-electron chi connectivity index (χ4n) is 1.35. The van der Waals surface area contributed by atoms with Crippen LogP contribution in [0, 0.1) is 5.82 Å². The standard InChI is InChI=1S/C13H18BrFO3/c1-16-8-9-17-6-3-7-18-10-11-4-2-5-12(15)13(11)14/h2,4-5H,3,6-10H2,1H3. The van der Waals surface area contributed by atoms with E-state index in [0.717, 1.165) is 12.0 Å². The quantitative estimate of drug-likeness (QED) is 0.654. The van der Waals surface area contributed by atoms with Crippen LogP contribution in [0.4, 0.5) is 4.39 Å². The topological polar surface area (TPSA) is 27.7 Å². The second kappa shape index (κ2) is 9.44. The molecule has 102 valence electrons. The Hall–Kier alpha value is -0.490. The zero-order valence-corrected chi connectivity index (χ0v) is 12.0. The first-order chi connectivity index (χ1) is 8.75. The van der Waals surface area contributed by atoms with Crippen molar-refractivity contribution in [1.82, 2.24) is 0 Å². The van der Waals surface area contributed by atoms with E-state index in [4.69, 9.17) is 14.2 Å². The molecular weight excluding hydrogens is 303 g/mol. The molecule has 5 heteroatoms. The highest BCUT2D eigenvalue weighted by atomic mass is 79.9. The second-order valence-corrected chi connectivity index (χ2v) is 4.52. The summed E-state index contributed by atoms with van der Waals surface area (Å²) in [6, 6.07) is 4.92. The number of ether oxygens (including phenoxy) is 3. The zero-order chi connectivity index (χ0) is 13.2. The molecule has 0 aliphatic carbocycles. The maximum Gasteiger partial charge on any atom is 0.137 e. The van der Waals surface area contributed by atoms with E-state index >= 15 is 0 Å². The molecule has 3 nitrogen and oxygen atoms in total.